The Morgan fingerprint density at radius 2 is 1.64 bits per heavy atom. The molecule has 3 rings (SSSR count). The molecular formula is C17H10BrClF3N3. The molecule has 128 valence electrons. The van der Waals surface area contributed by atoms with Crippen LogP contribution < -0.4 is 5.32 Å². The van der Waals surface area contributed by atoms with E-state index in [0.717, 1.165) is 22.3 Å². The lowest BCUT2D eigenvalue weighted by atomic mass is 10.1. The van der Waals surface area contributed by atoms with Crippen LogP contribution in [0.5, 0.6) is 0 Å². The van der Waals surface area contributed by atoms with Crippen molar-refractivity contribution in [3.63, 3.8) is 0 Å². The zero-order chi connectivity index (χ0) is 18.0. The summed E-state index contributed by atoms with van der Waals surface area (Å²) >= 11 is 9.44. The molecule has 0 aliphatic heterocycles. The molecule has 3 nitrogen and oxygen atoms in total. The second kappa shape index (κ2) is 7.01. The zero-order valence-electron chi connectivity index (χ0n) is 12.5. The number of halogens is 5. The molecule has 8 heteroatoms. The van der Waals surface area contributed by atoms with Gasteiger partial charge in [0.05, 0.1) is 11.3 Å². The van der Waals surface area contributed by atoms with E-state index in [9.17, 15) is 13.2 Å². The predicted octanol–water partition coefficient (Wildman–Crippen LogP) is 6.32. The third-order valence-corrected chi connectivity index (χ3v) is 4.19. The Balaban J connectivity index is 1.93. The molecule has 0 amide bonds. The fourth-order valence-corrected chi connectivity index (χ4v) is 2.69. The second-order valence-corrected chi connectivity index (χ2v) is 6.32. The Hall–Kier alpha value is -2.12. The highest BCUT2D eigenvalue weighted by atomic mass is 79.9. The van der Waals surface area contributed by atoms with Gasteiger partial charge in [-0.3, -0.25) is 0 Å². The largest absolute Gasteiger partial charge is 0.416 e. The number of rotatable bonds is 3. The molecule has 0 fully saturated rings. The molecule has 2 aromatic carbocycles. The van der Waals surface area contributed by atoms with Crippen LogP contribution >= 0.6 is 27.5 Å². The third kappa shape index (κ3) is 4.29. The maximum atomic E-state index is 12.7. The molecule has 0 radical (unpaired) electrons. The second-order valence-electron chi connectivity index (χ2n) is 5.08. The maximum absolute atomic E-state index is 12.7. The number of para-hydroxylation sites is 1. The number of anilines is 2. The van der Waals surface area contributed by atoms with E-state index in [0.29, 0.717) is 11.4 Å². The first-order valence-corrected chi connectivity index (χ1v) is 8.24. The first-order chi connectivity index (χ1) is 11.8. The molecule has 0 aliphatic carbocycles. The Kier molecular flexibility index (Phi) is 4.96. The molecule has 0 saturated carbocycles. The van der Waals surface area contributed by atoms with Gasteiger partial charge in [0.25, 0.3) is 0 Å². The predicted molar refractivity (Wildman–Crippen MR) is 94.9 cm³/mol. The summed E-state index contributed by atoms with van der Waals surface area (Å²) in [5.74, 6) is 0.664. The number of benzene rings is 2. The first-order valence-electron chi connectivity index (χ1n) is 7.07. The summed E-state index contributed by atoms with van der Waals surface area (Å²) in [6.07, 6.45) is -4.39. The van der Waals surface area contributed by atoms with Crippen LogP contribution in [0.4, 0.5) is 24.7 Å². The highest BCUT2D eigenvalue weighted by Gasteiger charge is 2.30. The molecule has 0 aliphatic rings. The van der Waals surface area contributed by atoms with Crippen molar-refractivity contribution in [1.29, 1.82) is 0 Å². The third-order valence-electron chi connectivity index (χ3n) is 3.30. The number of nitrogens with zero attached hydrogens (tertiary/aromatic N) is 2. The van der Waals surface area contributed by atoms with Crippen LogP contribution in [-0.2, 0) is 6.18 Å². The molecule has 25 heavy (non-hydrogen) atoms. The topological polar surface area (TPSA) is 37.8 Å². The van der Waals surface area contributed by atoms with E-state index in [1.165, 1.54) is 18.2 Å². The van der Waals surface area contributed by atoms with Gasteiger partial charge in [-0.05, 0) is 40.2 Å². The van der Waals surface area contributed by atoms with E-state index >= 15 is 0 Å². The SMILES string of the molecule is FC(F)(F)c1ccc(-c2nc(Cl)cc(Nc3ccccc3Br)n2)cc1. The molecule has 0 atom stereocenters. The van der Waals surface area contributed by atoms with Gasteiger partial charge < -0.3 is 5.32 Å². The van der Waals surface area contributed by atoms with Crippen LogP contribution in [0.2, 0.25) is 5.15 Å². The minimum atomic E-state index is -4.39. The number of hydrogen-bond donors (Lipinski definition) is 1. The van der Waals surface area contributed by atoms with Crippen LogP contribution in [0.3, 0.4) is 0 Å². The standard InChI is InChI=1S/C17H10BrClF3N3/c18-12-3-1-2-4-13(12)23-15-9-14(19)24-16(25-15)10-5-7-11(8-6-10)17(20,21)22/h1-9H,(H,23,24,25). The molecule has 0 unspecified atom stereocenters. The van der Waals surface area contributed by atoms with Gasteiger partial charge in [0.15, 0.2) is 5.82 Å². The number of alkyl halides is 3. The van der Waals surface area contributed by atoms with Gasteiger partial charge >= 0.3 is 6.18 Å². The fraction of sp³-hybridized carbons (Fsp3) is 0.0588. The van der Waals surface area contributed by atoms with E-state index < -0.39 is 11.7 Å². The van der Waals surface area contributed by atoms with Gasteiger partial charge in [-0.25, -0.2) is 9.97 Å². The van der Waals surface area contributed by atoms with Gasteiger partial charge in [0.1, 0.15) is 11.0 Å². The molecule has 1 N–H and O–H groups in total. The van der Waals surface area contributed by atoms with Gasteiger partial charge in [-0.15, -0.1) is 0 Å². The number of hydrogen-bond acceptors (Lipinski definition) is 3. The number of nitrogens with one attached hydrogen (secondary N) is 1. The van der Waals surface area contributed by atoms with Crippen LogP contribution in [-0.4, -0.2) is 9.97 Å². The maximum Gasteiger partial charge on any atom is 0.416 e. The van der Waals surface area contributed by atoms with E-state index in [4.69, 9.17) is 11.6 Å². The minimum absolute atomic E-state index is 0.180. The Labute approximate surface area is 155 Å². The van der Waals surface area contributed by atoms with Crippen molar-refractivity contribution < 1.29 is 13.2 Å². The van der Waals surface area contributed by atoms with Gasteiger partial charge in [-0.2, -0.15) is 13.2 Å². The molecule has 0 spiro atoms. The van der Waals surface area contributed by atoms with E-state index in [1.807, 2.05) is 24.3 Å². The molecule has 3 aromatic rings. The summed E-state index contributed by atoms with van der Waals surface area (Å²) in [4.78, 5) is 8.40. The monoisotopic (exact) mass is 427 g/mol. The van der Waals surface area contributed by atoms with E-state index in [-0.39, 0.29) is 11.0 Å². The summed E-state index contributed by atoms with van der Waals surface area (Å²) in [7, 11) is 0. The summed E-state index contributed by atoms with van der Waals surface area (Å²) in [6, 6.07) is 13.6. The van der Waals surface area contributed by atoms with Crippen molar-refractivity contribution >= 4 is 39.0 Å². The van der Waals surface area contributed by atoms with Crippen LogP contribution in [0.1, 0.15) is 5.56 Å². The summed E-state index contributed by atoms with van der Waals surface area (Å²) in [6.45, 7) is 0. The number of aromatic nitrogens is 2. The van der Waals surface area contributed by atoms with Crippen molar-refractivity contribution in [3.05, 3.63) is 69.8 Å². The summed E-state index contributed by atoms with van der Waals surface area (Å²) in [5.41, 5.74) is 0.478. The molecule has 1 aromatic heterocycles. The molecular weight excluding hydrogens is 419 g/mol. The quantitative estimate of drug-likeness (QED) is 0.496. The molecule has 0 saturated heterocycles. The van der Waals surface area contributed by atoms with Crippen molar-refractivity contribution in [3.8, 4) is 11.4 Å². The van der Waals surface area contributed by atoms with E-state index in [1.54, 1.807) is 0 Å². The van der Waals surface area contributed by atoms with Crippen LogP contribution in [0.15, 0.2) is 59.1 Å². The van der Waals surface area contributed by atoms with Gasteiger partial charge in [0.2, 0.25) is 0 Å². The van der Waals surface area contributed by atoms with Gasteiger partial charge in [0, 0.05) is 16.1 Å². The van der Waals surface area contributed by atoms with Crippen molar-refractivity contribution in [2.75, 3.05) is 5.32 Å². The lowest BCUT2D eigenvalue weighted by Crippen LogP contribution is -2.04. The Morgan fingerprint density at radius 3 is 2.28 bits per heavy atom. The Bertz CT molecular complexity index is 898. The molecule has 0 bridgehead atoms. The highest BCUT2D eigenvalue weighted by molar-refractivity contribution is 9.10. The smallest absolute Gasteiger partial charge is 0.339 e. The van der Waals surface area contributed by atoms with E-state index in [2.05, 4.69) is 31.2 Å². The zero-order valence-corrected chi connectivity index (χ0v) is 14.8. The Morgan fingerprint density at radius 1 is 0.960 bits per heavy atom. The van der Waals surface area contributed by atoms with Gasteiger partial charge in [-0.1, -0.05) is 35.9 Å². The highest BCUT2D eigenvalue weighted by Crippen LogP contribution is 2.31. The lowest BCUT2D eigenvalue weighted by molar-refractivity contribution is -0.137. The fourth-order valence-electron chi connectivity index (χ4n) is 2.12. The van der Waals surface area contributed by atoms with Crippen molar-refractivity contribution in [1.82, 2.24) is 9.97 Å². The van der Waals surface area contributed by atoms with Crippen molar-refractivity contribution in [2.24, 2.45) is 0 Å². The summed E-state index contributed by atoms with van der Waals surface area (Å²) < 4.78 is 38.8. The summed E-state index contributed by atoms with van der Waals surface area (Å²) in [5, 5.41) is 3.28. The van der Waals surface area contributed by atoms with Crippen molar-refractivity contribution in [2.45, 2.75) is 6.18 Å². The lowest BCUT2D eigenvalue weighted by Gasteiger charge is -2.10. The normalized spacial score (nSPS) is 11.4. The van der Waals surface area contributed by atoms with Crippen LogP contribution in [0, 0.1) is 0 Å². The van der Waals surface area contributed by atoms with Crippen LogP contribution in [0.25, 0.3) is 11.4 Å². The average Bonchev–Trinajstić information content (AvgIpc) is 2.56. The average molecular weight is 429 g/mol. The minimum Gasteiger partial charge on any atom is -0.339 e. The first kappa shape index (κ1) is 17.7. The molecule has 1 heterocycles.